The van der Waals surface area contributed by atoms with Gasteiger partial charge in [0.05, 0.1) is 6.42 Å². The molecule has 6 heteroatoms. The van der Waals surface area contributed by atoms with Gasteiger partial charge in [0.1, 0.15) is 5.82 Å². The average molecular weight is 229 g/mol. The third-order valence-electron chi connectivity index (χ3n) is 1.54. The first-order valence-electron chi connectivity index (χ1n) is 4.10. The minimum Gasteiger partial charge on any atom is -0.393 e. The van der Waals surface area contributed by atoms with E-state index in [1.807, 2.05) is 0 Å². The number of hydrogen-bond donors (Lipinski definition) is 1. The summed E-state index contributed by atoms with van der Waals surface area (Å²) in [7, 11) is 0. The molecule has 0 aliphatic carbocycles. The van der Waals surface area contributed by atoms with E-state index < -0.39 is 11.9 Å². The molecule has 0 aliphatic heterocycles. The Morgan fingerprint density at radius 3 is 2.80 bits per heavy atom. The van der Waals surface area contributed by atoms with Gasteiger partial charge < -0.3 is 10.5 Å². The number of esters is 2. The molecule has 0 saturated carbocycles. The van der Waals surface area contributed by atoms with Crippen molar-refractivity contribution in [3.8, 4) is 0 Å². The second-order valence-electron chi connectivity index (χ2n) is 2.84. The van der Waals surface area contributed by atoms with E-state index >= 15 is 0 Å². The van der Waals surface area contributed by atoms with Crippen molar-refractivity contribution in [3.63, 3.8) is 0 Å². The van der Waals surface area contributed by atoms with Crippen molar-refractivity contribution in [1.82, 2.24) is 4.98 Å². The second-order valence-corrected chi connectivity index (χ2v) is 3.25. The van der Waals surface area contributed by atoms with Crippen molar-refractivity contribution in [1.29, 1.82) is 0 Å². The molecule has 0 radical (unpaired) electrons. The van der Waals surface area contributed by atoms with Crippen molar-refractivity contribution in [2.24, 2.45) is 0 Å². The number of carbonyl (C=O) groups excluding carboxylic acids is 2. The maximum absolute atomic E-state index is 11.1. The molecule has 0 saturated heterocycles. The van der Waals surface area contributed by atoms with Crippen molar-refractivity contribution in [2.45, 2.75) is 13.3 Å². The van der Waals surface area contributed by atoms with Gasteiger partial charge in [-0.25, -0.2) is 4.98 Å². The molecule has 1 heterocycles. The lowest BCUT2D eigenvalue weighted by atomic mass is 10.2. The van der Waals surface area contributed by atoms with Gasteiger partial charge in [-0.3, -0.25) is 9.59 Å². The zero-order chi connectivity index (χ0) is 11.4. The number of rotatable bonds is 2. The number of nitrogen functional groups attached to an aromatic ring is 1. The van der Waals surface area contributed by atoms with E-state index in [9.17, 15) is 9.59 Å². The molecule has 5 nitrogen and oxygen atoms in total. The van der Waals surface area contributed by atoms with E-state index in [1.54, 1.807) is 0 Å². The van der Waals surface area contributed by atoms with Gasteiger partial charge >= 0.3 is 11.9 Å². The third kappa shape index (κ3) is 3.55. The molecule has 0 atom stereocenters. The number of aromatic nitrogens is 1. The predicted octanol–water partition coefficient (Wildman–Crippen LogP) is 0.949. The molecule has 0 aliphatic rings. The Labute approximate surface area is 91.2 Å². The first kappa shape index (κ1) is 11.5. The number of nitrogens with zero attached hydrogens (tertiary/aromatic N) is 1. The molecule has 2 N–H and O–H groups in total. The quantitative estimate of drug-likeness (QED) is 0.602. The summed E-state index contributed by atoms with van der Waals surface area (Å²) >= 11 is 5.80. The second kappa shape index (κ2) is 4.75. The van der Waals surface area contributed by atoms with Crippen LogP contribution in [-0.4, -0.2) is 16.9 Å². The summed E-state index contributed by atoms with van der Waals surface area (Å²) in [6, 6.07) is 1.43. The minimum absolute atomic E-state index is 0.105. The van der Waals surface area contributed by atoms with Gasteiger partial charge in [0.2, 0.25) is 0 Å². The number of pyridine rings is 1. The average Bonchev–Trinajstić information content (AvgIpc) is 2.08. The Morgan fingerprint density at radius 1 is 1.60 bits per heavy atom. The molecule has 0 unspecified atom stereocenters. The lowest BCUT2D eigenvalue weighted by Crippen LogP contribution is -2.12. The van der Waals surface area contributed by atoms with Gasteiger partial charge in [0.25, 0.3) is 0 Å². The van der Waals surface area contributed by atoms with E-state index in [2.05, 4.69) is 9.72 Å². The fraction of sp³-hybridized carbons (Fsp3) is 0.222. The van der Waals surface area contributed by atoms with Gasteiger partial charge in [0.15, 0.2) is 0 Å². The fourth-order valence-corrected chi connectivity index (χ4v) is 1.18. The summed E-state index contributed by atoms with van der Waals surface area (Å²) in [5, 5.41) is 0.322. The van der Waals surface area contributed by atoms with Crippen molar-refractivity contribution < 1.29 is 14.3 Å². The van der Waals surface area contributed by atoms with Crippen LogP contribution in [-0.2, 0) is 20.7 Å². The molecular weight excluding hydrogens is 220 g/mol. The Kier molecular flexibility index (Phi) is 3.62. The first-order chi connectivity index (χ1) is 6.99. The number of ether oxygens (including phenoxy) is 1. The topological polar surface area (TPSA) is 82.3 Å². The lowest BCUT2D eigenvalue weighted by Gasteiger charge is -2.03. The van der Waals surface area contributed by atoms with Crippen LogP contribution in [0.15, 0.2) is 12.3 Å². The van der Waals surface area contributed by atoms with E-state index in [4.69, 9.17) is 17.3 Å². The molecule has 1 rings (SSSR count). The summed E-state index contributed by atoms with van der Waals surface area (Å²) in [5.41, 5.74) is 5.84. The highest BCUT2D eigenvalue weighted by molar-refractivity contribution is 6.31. The van der Waals surface area contributed by atoms with Crippen LogP contribution in [0.4, 0.5) is 5.82 Å². The molecule has 0 aromatic carbocycles. The molecule has 1 aromatic heterocycles. The monoisotopic (exact) mass is 228 g/mol. The number of hydrogen-bond acceptors (Lipinski definition) is 5. The Morgan fingerprint density at radius 2 is 2.27 bits per heavy atom. The maximum atomic E-state index is 11.1. The normalized spacial score (nSPS) is 9.73. The highest BCUT2D eigenvalue weighted by Crippen LogP contribution is 2.17. The standard InChI is InChI=1S/C9H9ClN2O3/c1-5(13)15-9(14)2-6-4-12-8(11)3-7(6)10/h3-4H,2H2,1H3,(H2,11,12). The maximum Gasteiger partial charge on any atom is 0.318 e. The summed E-state index contributed by atoms with van der Waals surface area (Å²) < 4.78 is 4.34. The van der Waals surface area contributed by atoms with Crippen molar-refractivity contribution in [2.75, 3.05) is 5.73 Å². The largest absolute Gasteiger partial charge is 0.393 e. The van der Waals surface area contributed by atoms with Crippen LogP contribution in [0.2, 0.25) is 5.02 Å². The van der Waals surface area contributed by atoms with Crippen molar-refractivity contribution in [3.05, 3.63) is 22.8 Å². The molecule has 1 aromatic rings. The Bertz CT molecular complexity index is 406. The van der Waals surface area contributed by atoms with Crippen LogP contribution in [0.3, 0.4) is 0 Å². The third-order valence-corrected chi connectivity index (χ3v) is 1.90. The zero-order valence-electron chi connectivity index (χ0n) is 7.99. The van der Waals surface area contributed by atoms with E-state index in [1.165, 1.54) is 12.3 Å². The van der Waals surface area contributed by atoms with Gasteiger partial charge in [-0.1, -0.05) is 11.6 Å². The number of halogens is 1. The van der Waals surface area contributed by atoms with Crippen LogP contribution in [0.5, 0.6) is 0 Å². The van der Waals surface area contributed by atoms with E-state index in [0.29, 0.717) is 10.6 Å². The number of nitrogens with two attached hydrogens (primary N) is 1. The summed E-state index contributed by atoms with van der Waals surface area (Å²) in [5.74, 6) is -1.06. The van der Waals surface area contributed by atoms with Gasteiger partial charge in [0, 0.05) is 23.7 Å². The lowest BCUT2D eigenvalue weighted by molar-refractivity contribution is -0.157. The SMILES string of the molecule is CC(=O)OC(=O)Cc1cnc(N)cc1Cl. The summed E-state index contributed by atoms with van der Waals surface area (Å²) in [6.45, 7) is 1.15. The van der Waals surface area contributed by atoms with Crippen LogP contribution >= 0.6 is 11.6 Å². The number of anilines is 1. The summed E-state index contributed by atoms with van der Waals surface area (Å²) in [6.07, 6.45) is 1.27. The first-order valence-corrected chi connectivity index (χ1v) is 4.48. The highest BCUT2D eigenvalue weighted by atomic mass is 35.5. The molecule has 0 fully saturated rings. The Hall–Kier alpha value is -1.62. The van der Waals surface area contributed by atoms with Crippen LogP contribution in [0, 0.1) is 0 Å². The van der Waals surface area contributed by atoms with Crippen LogP contribution in [0.25, 0.3) is 0 Å². The van der Waals surface area contributed by atoms with Gasteiger partial charge in [-0.2, -0.15) is 0 Å². The smallest absolute Gasteiger partial charge is 0.318 e. The minimum atomic E-state index is -0.670. The number of carbonyl (C=O) groups is 2. The van der Waals surface area contributed by atoms with E-state index in [0.717, 1.165) is 6.92 Å². The highest BCUT2D eigenvalue weighted by Gasteiger charge is 2.10. The van der Waals surface area contributed by atoms with E-state index in [-0.39, 0.29) is 12.2 Å². The molecule has 0 bridgehead atoms. The van der Waals surface area contributed by atoms with Gasteiger partial charge in [-0.15, -0.1) is 0 Å². The molecule has 0 amide bonds. The fourth-order valence-electron chi connectivity index (χ4n) is 0.956. The van der Waals surface area contributed by atoms with Crippen LogP contribution < -0.4 is 5.73 Å². The zero-order valence-corrected chi connectivity index (χ0v) is 8.75. The molecular formula is C9H9ClN2O3. The molecule has 80 valence electrons. The van der Waals surface area contributed by atoms with Gasteiger partial charge in [-0.05, 0) is 6.07 Å². The van der Waals surface area contributed by atoms with Crippen molar-refractivity contribution >= 4 is 29.4 Å². The summed E-state index contributed by atoms with van der Waals surface area (Å²) in [4.78, 5) is 25.3. The predicted molar refractivity (Wildman–Crippen MR) is 54.1 cm³/mol. The molecule has 15 heavy (non-hydrogen) atoms. The van der Waals surface area contributed by atoms with Crippen LogP contribution in [0.1, 0.15) is 12.5 Å². The Balaban J connectivity index is 2.72. The molecule has 0 spiro atoms.